The molecule has 1 heterocycles. The van der Waals surface area contributed by atoms with Crippen LogP contribution in [0.15, 0.2) is 66.7 Å². The summed E-state index contributed by atoms with van der Waals surface area (Å²) < 4.78 is 38.9. The van der Waals surface area contributed by atoms with Crippen molar-refractivity contribution in [1.82, 2.24) is 4.90 Å². The second kappa shape index (κ2) is 8.61. The van der Waals surface area contributed by atoms with Crippen molar-refractivity contribution < 1.29 is 18.0 Å². The Bertz CT molecular complexity index is 1070. The summed E-state index contributed by atoms with van der Waals surface area (Å²) in [5, 5.41) is 2.36. The van der Waals surface area contributed by atoms with E-state index in [1.807, 2.05) is 18.2 Å². The Labute approximate surface area is 180 Å². The van der Waals surface area contributed by atoms with Crippen molar-refractivity contribution in [2.24, 2.45) is 0 Å². The van der Waals surface area contributed by atoms with Crippen molar-refractivity contribution in [1.29, 1.82) is 0 Å². The fourth-order valence-corrected chi connectivity index (χ4v) is 4.45. The lowest BCUT2D eigenvalue weighted by atomic mass is 10.1. The van der Waals surface area contributed by atoms with Crippen molar-refractivity contribution in [3.63, 3.8) is 0 Å². The van der Waals surface area contributed by atoms with Crippen LogP contribution in [-0.2, 0) is 17.4 Å². The summed E-state index contributed by atoms with van der Waals surface area (Å²) in [5.74, 6) is -0.129. The monoisotopic (exact) mass is 426 g/mol. The predicted octanol–water partition coefficient (Wildman–Crippen LogP) is 5.53. The third-order valence-electron chi connectivity index (χ3n) is 5.98. The quantitative estimate of drug-likeness (QED) is 0.536. The van der Waals surface area contributed by atoms with E-state index in [4.69, 9.17) is 0 Å². The molecule has 3 aromatic carbocycles. The molecule has 0 radical (unpaired) electrons. The molecular weight excluding hydrogens is 401 g/mol. The van der Waals surface area contributed by atoms with E-state index in [9.17, 15) is 18.0 Å². The number of hydrogen-bond donors (Lipinski definition) is 0. The van der Waals surface area contributed by atoms with Gasteiger partial charge in [-0.05, 0) is 36.4 Å². The zero-order valence-corrected chi connectivity index (χ0v) is 17.4. The van der Waals surface area contributed by atoms with Gasteiger partial charge in [0.25, 0.3) is 0 Å². The molecule has 3 aromatic rings. The number of carbonyl (C=O) groups excluding carboxylic acids is 1. The largest absolute Gasteiger partial charge is 0.416 e. The number of nitrogens with zero attached hydrogens (tertiary/aromatic N) is 2. The minimum absolute atomic E-state index is 0.0168. The lowest BCUT2D eigenvalue weighted by Crippen LogP contribution is -2.39. The van der Waals surface area contributed by atoms with Gasteiger partial charge >= 0.3 is 6.18 Å². The first-order valence-electron chi connectivity index (χ1n) is 10.5. The number of likely N-dealkylation sites (N-methyl/N-ethyl adjacent to an activating group) is 1. The number of benzene rings is 3. The van der Waals surface area contributed by atoms with Gasteiger partial charge in [0.2, 0.25) is 5.91 Å². The van der Waals surface area contributed by atoms with Gasteiger partial charge in [0.05, 0.1) is 12.0 Å². The van der Waals surface area contributed by atoms with E-state index in [0.717, 1.165) is 30.8 Å². The fourth-order valence-electron chi connectivity index (χ4n) is 4.45. The van der Waals surface area contributed by atoms with Crippen molar-refractivity contribution in [3.05, 3.63) is 77.9 Å². The Kier molecular flexibility index (Phi) is 5.90. The second-order valence-electron chi connectivity index (χ2n) is 7.94. The highest BCUT2D eigenvalue weighted by molar-refractivity contribution is 5.94. The number of halogens is 3. The van der Waals surface area contributed by atoms with E-state index in [-0.39, 0.29) is 18.4 Å². The summed E-state index contributed by atoms with van der Waals surface area (Å²) in [6.45, 7) is 4.11. The second-order valence-corrected chi connectivity index (χ2v) is 7.94. The first kappa shape index (κ1) is 21.2. The summed E-state index contributed by atoms with van der Waals surface area (Å²) in [4.78, 5) is 16.9. The molecule has 4 rings (SSSR count). The standard InChI is InChI=1S/C25H25F3N2O/c1-2-30(23-12-6-9-19-8-3-4-11-22(19)23)21-13-14-29(17-21)24(31)16-18-7-5-10-20(15-18)25(26,27)28/h3-12,15,21H,2,13-14,16-17H2,1H3/t21-/m0/s1. The van der Waals surface area contributed by atoms with Crippen LogP contribution in [0.5, 0.6) is 0 Å². The van der Waals surface area contributed by atoms with Gasteiger partial charge in [0, 0.05) is 36.7 Å². The molecule has 1 amide bonds. The van der Waals surface area contributed by atoms with Gasteiger partial charge in [-0.2, -0.15) is 13.2 Å². The van der Waals surface area contributed by atoms with E-state index in [0.29, 0.717) is 18.7 Å². The topological polar surface area (TPSA) is 23.6 Å². The Morgan fingerprint density at radius 1 is 1.06 bits per heavy atom. The average Bonchev–Trinajstić information content (AvgIpc) is 3.24. The molecule has 0 aromatic heterocycles. The van der Waals surface area contributed by atoms with Gasteiger partial charge in [0.15, 0.2) is 0 Å². The van der Waals surface area contributed by atoms with Crippen LogP contribution in [0.4, 0.5) is 18.9 Å². The maximum atomic E-state index is 13.0. The van der Waals surface area contributed by atoms with E-state index >= 15 is 0 Å². The molecular formula is C25H25F3N2O. The Morgan fingerprint density at radius 2 is 1.81 bits per heavy atom. The third-order valence-corrected chi connectivity index (χ3v) is 5.98. The van der Waals surface area contributed by atoms with E-state index in [1.54, 1.807) is 11.0 Å². The van der Waals surface area contributed by atoms with Gasteiger partial charge in [-0.3, -0.25) is 4.79 Å². The first-order chi connectivity index (χ1) is 14.9. The Balaban J connectivity index is 1.47. The number of hydrogen-bond acceptors (Lipinski definition) is 2. The van der Waals surface area contributed by atoms with Gasteiger partial charge in [0.1, 0.15) is 0 Å². The van der Waals surface area contributed by atoms with Crippen LogP contribution in [0.2, 0.25) is 0 Å². The molecule has 1 aliphatic rings. The minimum atomic E-state index is -4.40. The minimum Gasteiger partial charge on any atom is -0.366 e. The molecule has 3 nitrogen and oxygen atoms in total. The number of amides is 1. The number of carbonyl (C=O) groups is 1. The van der Waals surface area contributed by atoms with Crippen LogP contribution >= 0.6 is 0 Å². The maximum Gasteiger partial charge on any atom is 0.416 e. The average molecular weight is 426 g/mol. The molecule has 6 heteroatoms. The zero-order valence-electron chi connectivity index (χ0n) is 17.4. The van der Waals surface area contributed by atoms with Crippen LogP contribution in [0.1, 0.15) is 24.5 Å². The number of anilines is 1. The third kappa shape index (κ3) is 4.53. The highest BCUT2D eigenvalue weighted by atomic mass is 19.4. The summed E-state index contributed by atoms with van der Waals surface area (Å²) in [5.41, 5.74) is 0.827. The molecule has 162 valence electrons. The molecule has 0 unspecified atom stereocenters. The summed E-state index contributed by atoms with van der Waals surface area (Å²) in [6.07, 6.45) is -3.58. The van der Waals surface area contributed by atoms with E-state index in [1.165, 1.54) is 16.8 Å². The van der Waals surface area contributed by atoms with Gasteiger partial charge in [-0.1, -0.05) is 54.6 Å². The number of alkyl halides is 3. The molecule has 31 heavy (non-hydrogen) atoms. The van der Waals surface area contributed by atoms with Crippen molar-refractivity contribution >= 4 is 22.4 Å². The van der Waals surface area contributed by atoms with Crippen LogP contribution in [-0.4, -0.2) is 36.5 Å². The van der Waals surface area contributed by atoms with Crippen molar-refractivity contribution in [2.45, 2.75) is 32.0 Å². The van der Waals surface area contributed by atoms with Gasteiger partial charge < -0.3 is 9.80 Å². The summed E-state index contributed by atoms with van der Waals surface area (Å²) in [6, 6.07) is 19.7. The molecule has 1 fully saturated rings. The van der Waals surface area contributed by atoms with Gasteiger partial charge in [-0.25, -0.2) is 0 Å². The number of fused-ring (bicyclic) bond motifs is 1. The van der Waals surface area contributed by atoms with Crippen LogP contribution in [0.25, 0.3) is 10.8 Å². The zero-order chi connectivity index (χ0) is 22.0. The molecule has 0 spiro atoms. The number of likely N-dealkylation sites (tertiary alicyclic amines) is 1. The molecule has 1 aliphatic heterocycles. The van der Waals surface area contributed by atoms with Gasteiger partial charge in [-0.15, -0.1) is 0 Å². The summed E-state index contributed by atoms with van der Waals surface area (Å²) in [7, 11) is 0. The van der Waals surface area contributed by atoms with E-state index < -0.39 is 11.7 Å². The predicted molar refractivity (Wildman–Crippen MR) is 117 cm³/mol. The van der Waals surface area contributed by atoms with Crippen molar-refractivity contribution in [2.75, 3.05) is 24.5 Å². The molecule has 0 bridgehead atoms. The maximum absolute atomic E-state index is 13.0. The lowest BCUT2D eigenvalue weighted by Gasteiger charge is -2.31. The molecule has 0 N–H and O–H groups in total. The fraction of sp³-hybridized carbons (Fsp3) is 0.320. The Morgan fingerprint density at radius 3 is 2.58 bits per heavy atom. The Hall–Kier alpha value is -3.02. The smallest absolute Gasteiger partial charge is 0.366 e. The van der Waals surface area contributed by atoms with E-state index in [2.05, 4.69) is 36.1 Å². The van der Waals surface area contributed by atoms with Crippen LogP contribution in [0.3, 0.4) is 0 Å². The lowest BCUT2D eigenvalue weighted by molar-refractivity contribution is -0.137. The first-order valence-corrected chi connectivity index (χ1v) is 10.5. The van der Waals surface area contributed by atoms with Crippen molar-refractivity contribution in [3.8, 4) is 0 Å². The van der Waals surface area contributed by atoms with Crippen LogP contribution < -0.4 is 4.90 Å². The summed E-state index contributed by atoms with van der Waals surface area (Å²) >= 11 is 0. The molecule has 1 saturated heterocycles. The van der Waals surface area contributed by atoms with Crippen LogP contribution in [0, 0.1) is 0 Å². The normalized spacial score (nSPS) is 16.6. The molecule has 0 aliphatic carbocycles. The molecule has 0 saturated carbocycles. The SMILES string of the molecule is CCN(c1cccc2ccccc12)[C@H]1CCN(C(=O)Cc2cccc(C(F)(F)F)c2)C1. The number of rotatable bonds is 5. The highest BCUT2D eigenvalue weighted by Gasteiger charge is 2.32. The highest BCUT2D eigenvalue weighted by Crippen LogP contribution is 2.31. The molecule has 1 atom stereocenters.